The average molecular weight is 266 g/mol. The number of benzene rings is 1. The lowest BCUT2D eigenvalue weighted by Gasteiger charge is -2.26. The Morgan fingerprint density at radius 1 is 1.53 bits per heavy atom. The van der Waals surface area contributed by atoms with Gasteiger partial charge in [-0.2, -0.15) is 0 Å². The fraction of sp³-hybridized carbons (Fsp3) is 0.600. The molecule has 19 heavy (non-hydrogen) atoms. The van der Waals surface area contributed by atoms with Crippen LogP contribution in [0.1, 0.15) is 25.0 Å². The van der Waals surface area contributed by atoms with Crippen molar-refractivity contribution < 1.29 is 9.50 Å². The average Bonchev–Trinajstić information content (AvgIpc) is 2.74. The minimum absolute atomic E-state index is 0.298. The molecule has 1 unspecified atom stereocenters. The smallest absolute Gasteiger partial charge is 0.123 e. The molecule has 1 aromatic carbocycles. The first-order chi connectivity index (χ1) is 8.97. The lowest BCUT2D eigenvalue weighted by Crippen LogP contribution is -2.28. The number of hydrogen-bond acceptors (Lipinski definition) is 3. The molecule has 1 aliphatic heterocycles. The molecule has 1 N–H and O–H groups in total. The highest BCUT2D eigenvalue weighted by atomic mass is 19.1. The van der Waals surface area contributed by atoms with E-state index in [1.54, 1.807) is 13.0 Å². The number of hydrogen-bond donors (Lipinski definition) is 1. The van der Waals surface area contributed by atoms with Crippen LogP contribution in [-0.2, 0) is 0 Å². The minimum Gasteiger partial charge on any atom is -0.389 e. The van der Waals surface area contributed by atoms with Crippen molar-refractivity contribution in [1.29, 1.82) is 0 Å². The van der Waals surface area contributed by atoms with Crippen molar-refractivity contribution in [2.45, 2.75) is 19.4 Å². The fourth-order valence-corrected chi connectivity index (χ4v) is 2.87. The third-order valence-electron chi connectivity index (χ3n) is 3.87. The van der Waals surface area contributed by atoms with Crippen molar-refractivity contribution in [3.05, 3.63) is 29.6 Å². The fourth-order valence-electron chi connectivity index (χ4n) is 2.87. The Hall–Kier alpha value is -1.13. The lowest BCUT2D eigenvalue weighted by molar-refractivity contribution is 0.199. The van der Waals surface area contributed by atoms with Crippen LogP contribution in [-0.4, -0.2) is 43.7 Å². The van der Waals surface area contributed by atoms with Crippen LogP contribution in [0.3, 0.4) is 0 Å². The van der Waals surface area contributed by atoms with Crippen molar-refractivity contribution in [1.82, 2.24) is 4.90 Å². The van der Waals surface area contributed by atoms with E-state index in [9.17, 15) is 9.50 Å². The standard InChI is InChI=1S/C15H23FN2O/c1-11(19)14-8-13(16)4-5-15(14)18(3)10-12-6-7-17(2)9-12/h4-5,8,11-12,19H,6-7,9-10H2,1-3H3/t11-,12?/m0/s1. The molecule has 3 nitrogen and oxygen atoms in total. The Kier molecular flexibility index (Phi) is 4.42. The van der Waals surface area contributed by atoms with Crippen LogP contribution >= 0.6 is 0 Å². The molecular weight excluding hydrogens is 243 g/mol. The molecule has 4 heteroatoms. The number of nitrogens with zero attached hydrogens (tertiary/aromatic N) is 2. The SMILES string of the molecule is C[C@H](O)c1cc(F)ccc1N(C)CC1CCN(C)C1. The molecule has 0 saturated carbocycles. The second-order valence-corrected chi connectivity index (χ2v) is 5.68. The third-order valence-corrected chi connectivity index (χ3v) is 3.87. The molecule has 0 bridgehead atoms. The zero-order valence-electron chi connectivity index (χ0n) is 11.9. The number of rotatable bonds is 4. The zero-order valence-corrected chi connectivity index (χ0v) is 11.9. The molecule has 0 aliphatic carbocycles. The van der Waals surface area contributed by atoms with Gasteiger partial charge >= 0.3 is 0 Å². The molecule has 1 fully saturated rings. The second-order valence-electron chi connectivity index (χ2n) is 5.68. The van der Waals surface area contributed by atoms with Gasteiger partial charge in [0.2, 0.25) is 0 Å². The van der Waals surface area contributed by atoms with Crippen molar-refractivity contribution in [2.75, 3.05) is 38.6 Å². The Bertz CT molecular complexity index is 436. The van der Waals surface area contributed by atoms with E-state index in [1.165, 1.54) is 18.6 Å². The molecule has 2 atom stereocenters. The quantitative estimate of drug-likeness (QED) is 0.905. The van der Waals surface area contributed by atoms with E-state index < -0.39 is 6.10 Å². The maximum absolute atomic E-state index is 13.3. The summed E-state index contributed by atoms with van der Waals surface area (Å²) >= 11 is 0. The van der Waals surface area contributed by atoms with Gasteiger partial charge in [0.15, 0.2) is 0 Å². The topological polar surface area (TPSA) is 26.7 Å². The molecule has 0 spiro atoms. The van der Waals surface area contributed by atoms with Crippen molar-refractivity contribution >= 4 is 5.69 Å². The molecule has 1 saturated heterocycles. The monoisotopic (exact) mass is 266 g/mol. The Morgan fingerprint density at radius 2 is 2.26 bits per heavy atom. The summed E-state index contributed by atoms with van der Waals surface area (Å²) in [6, 6.07) is 4.64. The predicted octanol–water partition coefficient (Wildman–Crippen LogP) is 2.27. The van der Waals surface area contributed by atoms with Gasteiger partial charge in [0.1, 0.15) is 5.82 Å². The Labute approximate surface area is 114 Å². The van der Waals surface area contributed by atoms with Gasteiger partial charge in [-0.05, 0) is 51.1 Å². The number of likely N-dealkylation sites (tertiary alicyclic amines) is 1. The maximum atomic E-state index is 13.3. The van der Waals surface area contributed by atoms with Gasteiger partial charge in [0.05, 0.1) is 6.10 Å². The van der Waals surface area contributed by atoms with E-state index in [0.717, 1.165) is 25.3 Å². The molecule has 2 rings (SSSR count). The first-order valence-electron chi connectivity index (χ1n) is 6.84. The van der Waals surface area contributed by atoms with E-state index in [4.69, 9.17) is 0 Å². The normalized spacial score (nSPS) is 21.6. The summed E-state index contributed by atoms with van der Waals surface area (Å²) in [5.74, 6) is 0.343. The van der Waals surface area contributed by atoms with Gasteiger partial charge in [0, 0.05) is 31.4 Å². The van der Waals surface area contributed by atoms with E-state index in [-0.39, 0.29) is 5.82 Å². The van der Waals surface area contributed by atoms with Crippen LogP contribution in [0, 0.1) is 11.7 Å². The molecule has 0 radical (unpaired) electrons. The predicted molar refractivity (Wildman–Crippen MR) is 75.9 cm³/mol. The summed E-state index contributed by atoms with van der Waals surface area (Å²) in [5, 5.41) is 9.78. The van der Waals surface area contributed by atoms with Crippen LogP contribution in [0.25, 0.3) is 0 Å². The van der Waals surface area contributed by atoms with E-state index >= 15 is 0 Å². The van der Waals surface area contributed by atoms with E-state index in [2.05, 4.69) is 16.8 Å². The lowest BCUT2D eigenvalue weighted by atomic mass is 10.0. The van der Waals surface area contributed by atoms with Crippen molar-refractivity contribution in [3.8, 4) is 0 Å². The largest absolute Gasteiger partial charge is 0.389 e. The van der Waals surface area contributed by atoms with Crippen LogP contribution in [0.2, 0.25) is 0 Å². The number of aliphatic hydroxyl groups excluding tert-OH is 1. The molecule has 106 valence electrons. The Balaban J connectivity index is 2.12. The molecule has 1 aromatic rings. The van der Waals surface area contributed by atoms with Gasteiger partial charge < -0.3 is 14.9 Å². The summed E-state index contributed by atoms with van der Waals surface area (Å²) in [4.78, 5) is 4.46. The first-order valence-corrected chi connectivity index (χ1v) is 6.84. The summed E-state index contributed by atoms with van der Waals surface area (Å²) in [7, 11) is 4.15. The van der Waals surface area contributed by atoms with Gasteiger partial charge in [-0.25, -0.2) is 4.39 Å². The van der Waals surface area contributed by atoms with Gasteiger partial charge in [-0.15, -0.1) is 0 Å². The van der Waals surface area contributed by atoms with Gasteiger partial charge in [-0.1, -0.05) is 0 Å². The molecule has 1 aliphatic rings. The molecule has 0 amide bonds. The van der Waals surface area contributed by atoms with Gasteiger partial charge in [0.25, 0.3) is 0 Å². The van der Waals surface area contributed by atoms with Crippen molar-refractivity contribution in [3.63, 3.8) is 0 Å². The summed E-state index contributed by atoms with van der Waals surface area (Å²) in [6.45, 7) is 4.87. The highest BCUT2D eigenvalue weighted by molar-refractivity contribution is 5.54. The maximum Gasteiger partial charge on any atom is 0.123 e. The summed E-state index contributed by atoms with van der Waals surface area (Å²) in [5.41, 5.74) is 1.58. The molecule has 0 aromatic heterocycles. The highest BCUT2D eigenvalue weighted by Crippen LogP contribution is 2.28. The summed E-state index contributed by atoms with van der Waals surface area (Å²) in [6.07, 6.45) is 0.547. The first kappa shape index (κ1) is 14.3. The summed E-state index contributed by atoms with van der Waals surface area (Å²) < 4.78 is 13.3. The molecular formula is C15H23FN2O. The second kappa shape index (κ2) is 5.88. The van der Waals surface area contributed by atoms with E-state index in [1.807, 2.05) is 7.05 Å². The highest BCUT2D eigenvalue weighted by Gasteiger charge is 2.22. The molecule has 1 heterocycles. The number of halogens is 1. The van der Waals surface area contributed by atoms with Crippen LogP contribution in [0.15, 0.2) is 18.2 Å². The van der Waals surface area contributed by atoms with Gasteiger partial charge in [-0.3, -0.25) is 0 Å². The minimum atomic E-state index is -0.653. The van der Waals surface area contributed by atoms with Crippen molar-refractivity contribution in [2.24, 2.45) is 5.92 Å². The van der Waals surface area contributed by atoms with E-state index in [0.29, 0.717) is 11.5 Å². The zero-order chi connectivity index (χ0) is 14.0. The van der Waals surface area contributed by atoms with Crippen LogP contribution < -0.4 is 4.90 Å². The number of aliphatic hydroxyl groups is 1. The van der Waals surface area contributed by atoms with Crippen LogP contribution in [0.4, 0.5) is 10.1 Å². The number of anilines is 1. The van der Waals surface area contributed by atoms with Crippen LogP contribution in [0.5, 0.6) is 0 Å². The third kappa shape index (κ3) is 3.45. The Morgan fingerprint density at radius 3 is 2.84 bits per heavy atom.